The van der Waals surface area contributed by atoms with E-state index in [-0.39, 0.29) is 31.1 Å². The lowest BCUT2D eigenvalue weighted by Gasteiger charge is -2.18. The Balaban J connectivity index is 4.38. The van der Waals surface area contributed by atoms with E-state index in [1.165, 1.54) is 89.9 Å². The fourth-order valence-electron chi connectivity index (χ4n) is 5.89. The summed E-state index contributed by atoms with van der Waals surface area (Å²) in [4.78, 5) is 37.5. The largest absolute Gasteiger partial charge is 0.462 e. The van der Waals surface area contributed by atoms with Crippen molar-refractivity contribution in [2.24, 2.45) is 0 Å². The Morgan fingerprint density at radius 2 is 0.680 bits per heavy atom. The molecular formula is C44H80O6. The predicted octanol–water partition coefficient (Wildman–Crippen LogP) is 13.2. The molecule has 50 heavy (non-hydrogen) atoms. The molecule has 0 aromatic heterocycles. The molecule has 0 aliphatic rings. The van der Waals surface area contributed by atoms with Crippen LogP contribution in [0.5, 0.6) is 0 Å². The highest BCUT2D eigenvalue weighted by atomic mass is 16.6. The molecular weight excluding hydrogens is 624 g/mol. The Kier molecular flexibility index (Phi) is 38.0. The second-order valence-electron chi connectivity index (χ2n) is 14.3. The molecule has 0 N–H and O–H groups in total. The summed E-state index contributed by atoms with van der Waals surface area (Å²) in [5, 5.41) is 0. The van der Waals surface area contributed by atoms with Crippen LogP contribution in [0.25, 0.3) is 0 Å². The van der Waals surface area contributed by atoms with Crippen LogP contribution in [-0.2, 0) is 28.6 Å². The predicted molar refractivity (Wildman–Crippen MR) is 210 cm³/mol. The monoisotopic (exact) mass is 705 g/mol. The van der Waals surface area contributed by atoms with Crippen LogP contribution < -0.4 is 0 Å². The zero-order chi connectivity index (χ0) is 36.6. The fourth-order valence-corrected chi connectivity index (χ4v) is 5.89. The molecule has 0 aliphatic heterocycles. The maximum Gasteiger partial charge on any atom is 0.306 e. The van der Waals surface area contributed by atoms with E-state index in [0.717, 1.165) is 89.9 Å². The smallest absolute Gasteiger partial charge is 0.306 e. The average Bonchev–Trinajstić information content (AvgIpc) is 3.11. The molecule has 0 fully saturated rings. The van der Waals surface area contributed by atoms with E-state index in [1.54, 1.807) is 0 Å². The van der Waals surface area contributed by atoms with Crippen LogP contribution in [0.15, 0.2) is 24.3 Å². The van der Waals surface area contributed by atoms with Crippen molar-refractivity contribution in [2.75, 3.05) is 13.2 Å². The summed E-state index contributed by atoms with van der Waals surface area (Å²) in [7, 11) is 0. The Labute approximate surface area is 309 Å². The molecule has 0 aromatic carbocycles. The summed E-state index contributed by atoms with van der Waals surface area (Å²) >= 11 is 0. The molecule has 0 aromatic rings. The van der Waals surface area contributed by atoms with Gasteiger partial charge in [-0.15, -0.1) is 0 Å². The van der Waals surface area contributed by atoms with Gasteiger partial charge in [-0.3, -0.25) is 14.4 Å². The molecule has 6 heteroatoms. The zero-order valence-corrected chi connectivity index (χ0v) is 33.2. The number of esters is 3. The highest BCUT2D eigenvalue weighted by Gasteiger charge is 2.19. The van der Waals surface area contributed by atoms with Crippen LogP contribution in [-0.4, -0.2) is 37.2 Å². The minimum Gasteiger partial charge on any atom is -0.462 e. The van der Waals surface area contributed by atoms with Crippen LogP contribution in [0.3, 0.4) is 0 Å². The van der Waals surface area contributed by atoms with Crippen molar-refractivity contribution in [1.82, 2.24) is 0 Å². The standard InChI is InChI=1S/C44H80O6/c1-4-7-10-13-16-19-21-22-23-26-28-31-34-37-43(46)49-40-41(39-48-42(45)36-33-30-27-24-18-15-12-9-6-3)50-44(47)38-35-32-29-25-20-17-14-11-8-5-2/h14,17,22-23,41H,4-13,15-16,18-21,24-40H2,1-3H3/b17-14-,23-22-. The Hall–Kier alpha value is -2.11. The molecule has 0 bridgehead atoms. The van der Waals surface area contributed by atoms with E-state index in [0.29, 0.717) is 19.3 Å². The number of allylic oxidation sites excluding steroid dienone is 4. The number of ether oxygens (including phenoxy) is 3. The average molecular weight is 705 g/mol. The van der Waals surface area contributed by atoms with E-state index < -0.39 is 6.10 Å². The first-order valence-corrected chi connectivity index (χ1v) is 21.3. The lowest BCUT2D eigenvalue weighted by molar-refractivity contribution is -0.167. The van der Waals surface area contributed by atoms with Crippen molar-refractivity contribution < 1.29 is 28.6 Å². The number of unbranched alkanes of at least 4 members (excludes halogenated alkanes) is 23. The number of rotatable bonds is 38. The van der Waals surface area contributed by atoms with Gasteiger partial charge >= 0.3 is 17.9 Å². The molecule has 0 saturated heterocycles. The molecule has 0 radical (unpaired) electrons. The number of carbonyl (C=O) groups is 3. The third-order valence-electron chi connectivity index (χ3n) is 9.18. The lowest BCUT2D eigenvalue weighted by Crippen LogP contribution is -2.30. The summed E-state index contributed by atoms with van der Waals surface area (Å²) in [5.74, 6) is -0.912. The maximum atomic E-state index is 12.6. The second kappa shape index (κ2) is 39.7. The third-order valence-corrected chi connectivity index (χ3v) is 9.18. The van der Waals surface area contributed by atoms with Crippen LogP contribution in [0.1, 0.15) is 220 Å². The number of hydrogen-bond donors (Lipinski definition) is 0. The molecule has 0 saturated carbocycles. The SMILES string of the molecule is CCCC/C=C\CCCCCCC(=O)OC(COC(=O)CCCCC/C=C\CCCCCCCC)COC(=O)CCCCCCCCCCC. The molecule has 1 atom stereocenters. The van der Waals surface area contributed by atoms with Gasteiger partial charge in [0.2, 0.25) is 0 Å². The van der Waals surface area contributed by atoms with Crippen LogP contribution >= 0.6 is 0 Å². The first-order chi connectivity index (χ1) is 24.5. The van der Waals surface area contributed by atoms with E-state index in [2.05, 4.69) is 45.1 Å². The van der Waals surface area contributed by atoms with Crippen molar-refractivity contribution in [1.29, 1.82) is 0 Å². The minimum absolute atomic E-state index is 0.0786. The van der Waals surface area contributed by atoms with Gasteiger partial charge in [-0.05, 0) is 64.2 Å². The lowest BCUT2D eigenvalue weighted by atomic mass is 10.1. The van der Waals surface area contributed by atoms with Gasteiger partial charge in [0.15, 0.2) is 6.10 Å². The van der Waals surface area contributed by atoms with Crippen molar-refractivity contribution in [3.8, 4) is 0 Å². The van der Waals surface area contributed by atoms with Gasteiger partial charge < -0.3 is 14.2 Å². The van der Waals surface area contributed by atoms with E-state index in [9.17, 15) is 14.4 Å². The van der Waals surface area contributed by atoms with Crippen LogP contribution in [0.2, 0.25) is 0 Å². The molecule has 0 aliphatic carbocycles. The Bertz CT molecular complexity index is 819. The topological polar surface area (TPSA) is 78.9 Å². The van der Waals surface area contributed by atoms with Crippen LogP contribution in [0.4, 0.5) is 0 Å². The van der Waals surface area contributed by atoms with Crippen LogP contribution in [0, 0.1) is 0 Å². The number of carbonyl (C=O) groups excluding carboxylic acids is 3. The summed E-state index contributed by atoms with van der Waals surface area (Å²) in [6.45, 7) is 6.53. The first-order valence-electron chi connectivity index (χ1n) is 21.3. The summed E-state index contributed by atoms with van der Waals surface area (Å²) < 4.78 is 16.6. The Morgan fingerprint density at radius 3 is 1.08 bits per heavy atom. The van der Waals surface area contributed by atoms with Crippen molar-refractivity contribution in [3.05, 3.63) is 24.3 Å². The molecule has 0 spiro atoms. The van der Waals surface area contributed by atoms with Gasteiger partial charge in [0.25, 0.3) is 0 Å². The maximum absolute atomic E-state index is 12.6. The van der Waals surface area contributed by atoms with Gasteiger partial charge in [0.05, 0.1) is 0 Å². The molecule has 0 rings (SSSR count). The van der Waals surface area contributed by atoms with Gasteiger partial charge in [-0.2, -0.15) is 0 Å². The van der Waals surface area contributed by atoms with Gasteiger partial charge in [0, 0.05) is 19.3 Å². The van der Waals surface area contributed by atoms with Crippen molar-refractivity contribution in [3.63, 3.8) is 0 Å². The first kappa shape index (κ1) is 47.9. The number of hydrogen-bond acceptors (Lipinski definition) is 6. The molecule has 1 unspecified atom stereocenters. The third kappa shape index (κ3) is 37.2. The molecule has 6 nitrogen and oxygen atoms in total. The highest BCUT2D eigenvalue weighted by Crippen LogP contribution is 2.13. The highest BCUT2D eigenvalue weighted by molar-refractivity contribution is 5.71. The van der Waals surface area contributed by atoms with E-state index in [1.807, 2.05) is 0 Å². The summed E-state index contributed by atoms with van der Waals surface area (Å²) in [5.41, 5.74) is 0. The molecule has 0 heterocycles. The van der Waals surface area contributed by atoms with Gasteiger partial charge in [-0.1, -0.05) is 161 Å². The normalized spacial score (nSPS) is 12.1. The van der Waals surface area contributed by atoms with Crippen molar-refractivity contribution >= 4 is 17.9 Å². The summed E-state index contributed by atoms with van der Waals surface area (Å²) in [6, 6.07) is 0. The zero-order valence-electron chi connectivity index (χ0n) is 33.2. The second-order valence-corrected chi connectivity index (χ2v) is 14.3. The quantitative estimate of drug-likeness (QED) is 0.0275. The van der Waals surface area contributed by atoms with Gasteiger partial charge in [-0.25, -0.2) is 0 Å². The van der Waals surface area contributed by atoms with E-state index in [4.69, 9.17) is 14.2 Å². The van der Waals surface area contributed by atoms with Gasteiger partial charge in [0.1, 0.15) is 13.2 Å². The van der Waals surface area contributed by atoms with Crippen molar-refractivity contribution in [2.45, 2.75) is 226 Å². The molecule has 292 valence electrons. The van der Waals surface area contributed by atoms with E-state index >= 15 is 0 Å². The fraction of sp³-hybridized carbons (Fsp3) is 0.841. The molecule has 0 amide bonds. The Morgan fingerprint density at radius 1 is 0.380 bits per heavy atom. The minimum atomic E-state index is -0.774. The summed E-state index contributed by atoms with van der Waals surface area (Å²) in [6.07, 6.45) is 41.6.